The summed E-state index contributed by atoms with van der Waals surface area (Å²) in [6, 6.07) is 11.4. The number of nitrogens with one attached hydrogen (secondary N) is 1. The fourth-order valence-corrected chi connectivity index (χ4v) is 1.89. The third kappa shape index (κ3) is 5.42. The second kappa shape index (κ2) is 7.63. The molecule has 1 N–H and O–H groups in total. The van der Waals surface area contributed by atoms with Crippen LogP contribution >= 0.6 is 0 Å². The van der Waals surface area contributed by atoms with Crippen LogP contribution in [0.4, 0.5) is 17.6 Å². The van der Waals surface area contributed by atoms with Crippen molar-refractivity contribution in [3.05, 3.63) is 71.6 Å². The molecule has 0 saturated heterocycles. The molecule has 24 heavy (non-hydrogen) atoms. The van der Waals surface area contributed by atoms with Crippen LogP contribution in [0.1, 0.15) is 11.1 Å². The molecule has 0 spiro atoms. The normalized spacial score (nSPS) is 11.5. The van der Waals surface area contributed by atoms with Crippen LogP contribution in [0, 0.1) is 5.82 Å². The molecule has 7 heteroatoms. The summed E-state index contributed by atoms with van der Waals surface area (Å²) >= 11 is 0. The largest absolute Gasteiger partial charge is 0.573 e. The van der Waals surface area contributed by atoms with Crippen molar-refractivity contribution < 1.29 is 27.1 Å². The first-order valence-corrected chi connectivity index (χ1v) is 6.89. The Hall–Kier alpha value is -2.83. The molecule has 0 atom stereocenters. The summed E-state index contributed by atoms with van der Waals surface area (Å²) in [5.41, 5.74) is 0.399. The molecular formula is C17H13F4NO2. The van der Waals surface area contributed by atoms with Crippen LogP contribution in [0.3, 0.4) is 0 Å². The quantitative estimate of drug-likeness (QED) is 0.659. The van der Waals surface area contributed by atoms with E-state index in [0.717, 1.165) is 12.1 Å². The van der Waals surface area contributed by atoms with Crippen molar-refractivity contribution in [2.24, 2.45) is 0 Å². The van der Waals surface area contributed by atoms with Gasteiger partial charge >= 0.3 is 6.36 Å². The Kier molecular flexibility index (Phi) is 5.57. The minimum absolute atomic E-state index is 0.160. The highest BCUT2D eigenvalue weighted by molar-refractivity contribution is 5.91. The van der Waals surface area contributed by atoms with E-state index in [0.29, 0.717) is 0 Å². The van der Waals surface area contributed by atoms with E-state index in [1.54, 1.807) is 6.07 Å². The fourth-order valence-electron chi connectivity index (χ4n) is 1.89. The first-order valence-electron chi connectivity index (χ1n) is 6.89. The zero-order chi connectivity index (χ0) is 17.6. The minimum Gasteiger partial charge on any atom is -0.405 e. The van der Waals surface area contributed by atoms with E-state index >= 15 is 0 Å². The number of benzene rings is 2. The maximum absolute atomic E-state index is 13.4. The Bertz CT molecular complexity index is 741. The van der Waals surface area contributed by atoms with E-state index in [-0.39, 0.29) is 23.4 Å². The van der Waals surface area contributed by atoms with E-state index in [9.17, 15) is 22.4 Å². The second-order valence-corrected chi connectivity index (χ2v) is 4.73. The Morgan fingerprint density at radius 3 is 2.46 bits per heavy atom. The number of hydrogen-bond acceptors (Lipinski definition) is 2. The predicted molar refractivity (Wildman–Crippen MR) is 80.4 cm³/mol. The molecule has 0 aliphatic heterocycles. The number of rotatable bonds is 5. The van der Waals surface area contributed by atoms with Crippen LogP contribution in [0.25, 0.3) is 6.08 Å². The highest BCUT2D eigenvalue weighted by atomic mass is 19.4. The van der Waals surface area contributed by atoms with Gasteiger partial charge < -0.3 is 10.1 Å². The van der Waals surface area contributed by atoms with Crippen LogP contribution in [0.5, 0.6) is 5.75 Å². The van der Waals surface area contributed by atoms with Crippen molar-refractivity contribution in [2.75, 3.05) is 0 Å². The molecule has 0 bridgehead atoms. The van der Waals surface area contributed by atoms with Crippen molar-refractivity contribution in [1.29, 1.82) is 0 Å². The van der Waals surface area contributed by atoms with Gasteiger partial charge in [0.25, 0.3) is 0 Å². The lowest BCUT2D eigenvalue weighted by Gasteiger charge is -2.13. The maximum Gasteiger partial charge on any atom is 0.573 e. The molecule has 2 aromatic carbocycles. The Balaban J connectivity index is 1.98. The molecular weight excluding hydrogens is 326 g/mol. The second-order valence-electron chi connectivity index (χ2n) is 4.73. The van der Waals surface area contributed by atoms with Crippen LogP contribution in [0.2, 0.25) is 0 Å². The standard InChI is InChI=1S/C17H13F4NO2/c18-14-7-3-1-5-12(14)9-10-16(23)22-11-13-6-2-4-8-15(13)24-17(19,20)21/h1-10H,11H2,(H,22,23)/b10-9+. The zero-order valence-electron chi connectivity index (χ0n) is 12.3. The highest BCUT2D eigenvalue weighted by Gasteiger charge is 2.31. The van der Waals surface area contributed by atoms with Gasteiger partial charge in [-0.15, -0.1) is 13.2 Å². The molecule has 0 saturated carbocycles. The van der Waals surface area contributed by atoms with Crippen LogP contribution in [0.15, 0.2) is 54.6 Å². The first-order chi connectivity index (χ1) is 11.3. The summed E-state index contributed by atoms with van der Waals surface area (Å²) in [6.45, 7) is -0.160. The third-order valence-electron chi connectivity index (χ3n) is 2.97. The van der Waals surface area contributed by atoms with Crippen LogP contribution in [-0.4, -0.2) is 12.3 Å². The molecule has 0 fully saturated rings. The van der Waals surface area contributed by atoms with Gasteiger partial charge in [0.05, 0.1) is 0 Å². The smallest absolute Gasteiger partial charge is 0.405 e. The van der Waals surface area contributed by atoms with Gasteiger partial charge in [-0.1, -0.05) is 36.4 Å². The zero-order valence-corrected chi connectivity index (χ0v) is 12.3. The monoisotopic (exact) mass is 339 g/mol. The van der Waals surface area contributed by atoms with E-state index in [1.165, 1.54) is 42.5 Å². The van der Waals surface area contributed by atoms with Gasteiger partial charge in [0.1, 0.15) is 11.6 Å². The molecule has 126 valence electrons. The summed E-state index contributed by atoms with van der Waals surface area (Å²) < 4.78 is 54.2. The SMILES string of the molecule is O=C(/C=C/c1ccccc1F)NCc1ccccc1OC(F)(F)F. The molecule has 2 aromatic rings. The fraction of sp³-hybridized carbons (Fsp3) is 0.118. The van der Waals surface area contributed by atoms with Gasteiger partial charge in [0.15, 0.2) is 0 Å². The third-order valence-corrected chi connectivity index (χ3v) is 2.97. The minimum atomic E-state index is -4.81. The number of para-hydroxylation sites is 1. The van der Waals surface area contributed by atoms with Crippen molar-refractivity contribution in [1.82, 2.24) is 5.32 Å². The number of halogens is 4. The van der Waals surface area contributed by atoms with Gasteiger partial charge in [-0.25, -0.2) is 4.39 Å². The van der Waals surface area contributed by atoms with E-state index < -0.39 is 18.1 Å². The summed E-state index contributed by atoms with van der Waals surface area (Å²) in [4.78, 5) is 11.7. The molecule has 0 unspecified atom stereocenters. The van der Waals surface area contributed by atoms with E-state index in [2.05, 4.69) is 10.1 Å². The average Bonchev–Trinajstić information content (AvgIpc) is 2.52. The van der Waals surface area contributed by atoms with Crippen LogP contribution < -0.4 is 10.1 Å². The Morgan fingerprint density at radius 1 is 1.08 bits per heavy atom. The van der Waals surface area contributed by atoms with Gasteiger partial charge in [-0.05, 0) is 18.2 Å². The van der Waals surface area contributed by atoms with Crippen molar-refractivity contribution in [3.8, 4) is 5.75 Å². The van der Waals surface area contributed by atoms with Crippen molar-refractivity contribution in [3.63, 3.8) is 0 Å². The lowest BCUT2D eigenvalue weighted by molar-refractivity contribution is -0.274. The molecule has 0 heterocycles. The molecule has 0 aliphatic rings. The topological polar surface area (TPSA) is 38.3 Å². The maximum atomic E-state index is 13.4. The summed E-state index contributed by atoms with van der Waals surface area (Å²) in [5.74, 6) is -1.44. The molecule has 2 rings (SSSR count). The van der Waals surface area contributed by atoms with Gasteiger partial charge in [-0.3, -0.25) is 4.79 Å². The van der Waals surface area contributed by atoms with Gasteiger partial charge in [-0.2, -0.15) is 0 Å². The molecule has 0 radical (unpaired) electrons. The molecule has 0 aromatic heterocycles. The van der Waals surface area contributed by atoms with E-state index in [4.69, 9.17) is 0 Å². The number of ether oxygens (including phenoxy) is 1. The number of amides is 1. The van der Waals surface area contributed by atoms with Crippen molar-refractivity contribution >= 4 is 12.0 Å². The number of carbonyl (C=O) groups is 1. The Morgan fingerprint density at radius 2 is 1.75 bits per heavy atom. The number of hydrogen-bond donors (Lipinski definition) is 1. The molecule has 1 amide bonds. The summed E-state index contributed by atoms with van der Waals surface area (Å²) in [7, 11) is 0. The van der Waals surface area contributed by atoms with Crippen molar-refractivity contribution in [2.45, 2.75) is 12.9 Å². The predicted octanol–water partition coefficient (Wildman–Crippen LogP) is 4.05. The molecule has 3 nitrogen and oxygen atoms in total. The van der Waals surface area contributed by atoms with Crippen LogP contribution in [-0.2, 0) is 11.3 Å². The summed E-state index contributed by atoms with van der Waals surface area (Å²) in [6.07, 6.45) is -2.43. The lowest BCUT2D eigenvalue weighted by Crippen LogP contribution is -2.22. The molecule has 0 aliphatic carbocycles. The summed E-state index contributed by atoms with van der Waals surface area (Å²) in [5, 5.41) is 2.42. The lowest BCUT2D eigenvalue weighted by atomic mass is 10.2. The Labute approximate surface area is 135 Å². The van der Waals surface area contributed by atoms with Gasteiger partial charge in [0, 0.05) is 23.7 Å². The average molecular weight is 339 g/mol. The van der Waals surface area contributed by atoms with Gasteiger partial charge in [0.2, 0.25) is 5.91 Å². The number of alkyl halides is 3. The highest BCUT2D eigenvalue weighted by Crippen LogP contribution is 2.26. The first kappa shape index (κ1) is 17.5. The number of carbonyl (C=O) groups excluding carboxylic acids is 1. The van der Waals surface area contributed by atoms with E-state index in [1.807, 2.05) is 0 Å².